The van der Waals surface area contributed by atoms with Crippen LogP contribution in [0.3, 0.4) is 0 Å². The predicted molar refractivity (Wildman–Crippen MR) is 78.7 cm³/mol. The molecule has 1 saturated heterocycles. The number of ether oxygens (including phenoxy) is 2. The minimum atomic E-state index is -0.0351. The smallest absolute Gasteiger partial charge is 0.191 e. The first-order valence-electron chi connectivity index (χ1n) is 7.36. The Bertz CT molecular complexity index is 263. The Morgan fingerprint density at radius 1 is 1.37 bits per heavy atom. The maximum absolute atomic E-state index is 5.74. The molecule has 0 radical (unpaired) electrons. The van der Waals surface area contributed by atoms with Gasteiger partial charge in [0, 0.05) is 40.0 Å². The van der Waals surface area contributed by atoms with Crippen molar-refractivity contribution in [3.63, 3.8) is 0 Å². The molecular weight excluding hydrogens is 242 g/mol. The topological polar surface area (TPSA) is 54.9 Å². The van der Waals surface area contributed by atoms with Gasteiger partial charge in [0.2, 0.25) is 0 Å². The molecule has 5 nitrogen and oxygen atoms in total. The largest absolute Gasteiger partial charge is 0.382 e. The lowest BCUT2D eigenvalue weighted by molar-refractivity contribution is 0.0243. The van der Waals surface area contributed by atoms with Crippen LogP contribution in [-0.2, 0) is 9.47 Å². The van der Waals surface area contributed by atoms with E-state index in [1.54, 1.807) is 7.05 Å². The van der Waals surface area contributed by atoms with Gasteiger partial charge in [0.1, 0.15) is 0 Å². The summed E-state index contributed by atoms with van der Waals surface area (Å²) in [5.74, 6) is 0.855. The van der Waals surface area contributed by atoms with Crippen molar-refractivity contribution in [1.82, 2.24) is 10.6 Å². The molecule has 1 aliphatic rings. The van der Waals surface area contributed by atoms with E-state index in [1.807, 2.05) is 6.92 Å². The fraction of sp³-hybridized carbons (Fsp3) is 0.929. The summed E-state index contributed by atoms with van der Waals surface area (Å²) in [4.78, 5) is 4.22. The molecule has 1 fully saturated rings. The highest BCUT2D eigenvalue weighted by Gasteiger charge is 2.29. The van der Waals surface area contributed by atoms with E-state index < -0.39 is 0 Å². The van der Waals surface area contributed by atoms with E-state index in [2.05, 4.69) is 22.5 Å². The van der Waals surface area contributed by atoms with Crippen molar-refractivity contribution in [1.29, 1.82) is 0 Å². The van der Waals surface area contributed by atoms with E-state index in [0.29, 0.717) is 0 Å². The molecule has 0 amide bonds. The molecular formula is C14H29N3O2. The van der Waals surface area contributed by atoms with Crippen molar-refractivity contribution in [3.05, 3.63) is 0 Å². The quantitative estimate of drug-likeness (QED) is 0.399. The molecule has 0 aromatic carbocycles. The van der Waals surface area contributed by atoms with Gasteiger partial charge in [-0.1, -0.05) is 0 Å². The normalized spacial score (nSPS) is 23.6. The number of hydrogen-bond acceptors (Lipinski definition) is 3. The molecule has 2 N–H and O–H groups in total. The molecule has 0 bridgehead atoms. The summed E-state index contributed by atoms with van der Waals surface area (Å²) >= 11 is 0. The number of nitrogens with zero attached hydrogens (tertiary/aromatic N) is 1. The van der Waals surface area contributed by atoms with Crippen molar-refractivity contribution in [2.45, 2.75) is 45.1 Å². The molecule has 0 aliphatic carbocycles. The summed E-state index contributed by atoms with van der Waals surface area (Å²) in [6, 6.07) is 0. The number of unbranched alkanes of at least 4 members (excludes halogenated alkanes) is 1. The molecule has 0 aromatic rings. The van der Waals surface area contributed by atoms with E-state index in [-0.39, 0.29) is 5.60 Å². The van der Waals surface area contributed by atoms with Crippen LogP contribution >= 0.6 is 0 Å². The number of hydrogen-bond donors (Lipinski definition) is 2. The van der Waals surface area contributed by atoms with Crippen molar-refractivity contribution >= 4 is 5.96 Å². The molecule has 0 spiro atoms. The van der Waals surface area contributed by atoms with Crippen LogP contribution < -0.4 is 10.6 Å². The maximum Gasteiger partial charge on any atom is 0.191 e. The summed E-state index contributed by atoms with van der Waals surface area (Å²) in [6.07, 6.45) is 4.44. The van der Waals surface area contributed by atoms with Gasteiger partial charge in [-0.25, -0.2) is 0 Å². The SMILES string of the molecule is CCOCCCCNC(=NC)NCC1(C)CCCO1. The second kappa shape index (κ2) is 9.15. The van der Waals surface area contributed by atoms with Gasteiger partial charge >= 0.3 is 0 Å². The first kappa shape index (κ1) is 16.2. The van der Waals surface area contributed by atoms with Gasteiger partial charge in [0.25, 0.3) is 0 Å². The molecule has 1 rings (SSSR count). The highest BCUT2D eigenvalue weighted by Crippen LogP contribution is 2.23. The lowest BCUT2D eigenvalue weighted by Crippen LogP contribution is -2.45. The van der Waals surface area contributed by atoms with Gasteiger partial charge < -0.3 is 20.1 Å². The van der Waals surface area contributed by atoms with E-state index in [9.17, 15) is 0 Å². The molecule has 0 saturated carbocycles. The Labute approximate surface area is 117 Å². The second-order valence-corrected chi connectivity index (χ2v) is 5.16. The van der Waals surface area contributed by atoms with Crippen LogP contribution in [0.2, 0.25) is 0 Å². The highest BCUT2D eigenvalue weighted by molar-refractivity contribution is 5.79. The fourth-order valence-electron chi connectivity index (χ4n) is 2.15. The van der Waals surface area contributed by atoms with Crippen LogP contribution in [0.25, 0.3) is 0 Å². The summed E-state index contributed by atoms with van der Waals surface area (Å²) in [7, 11) is 1.80. The molecule has 1 aliphatic heterocycles. The summed E-state index contributed by atoms with van der Waals surface area (Å²) in [6.45, 7) is 8.43. The minimum absolute atomic E-state index is 0.0351. The van der Waals surface area contributed by atoms with E-state index in [1.165, 1.54) is 0 Å². The van der Waals surface area contributed by atoms with Crippen LogP contribution in [0.4, 0.5) is 0 Å². The Morgan fingerprint density at radius 3 is 2.84 bits per heavy atom. The van der Waals surface area contributed by atoms with Crippen LogP contribution in [0.1, 0.15) is 39.5 Å². The number of aliphatic imine (C=N–C) groups is 1. The maximum atomic E-state index is 5.74. The highest BCUT2D eigenvalue weighted by atomic mass is 16.5. The summed E-state index contributed by atoms with van der Waals surface area (Å²) < 4.78 is 11.0. The summed E-state index contributed by atoms with van der Waals surface area (Å²) in [5, 5.41) is 6.65. The van der Waals surface area contributed by atoms with Gasteiger partial charge in [0.05, 0.1) is 5.60 Å². The van der Waals surface area contributed by atoms with Crippen LogP contribution in [-0.4, -0.2) is 51.5 Å². The lowest BCUT2D eigenvalue weighted by atomic mass is 10.0. The lowest BCUT2D eigenvalue weighted by Gasteiger charge is -2.24. The number of rotatable bonds is 8. The number of nitrogens with one attached hydrogen (secondary N) is 2. The molecule has 19 heavy (non-hydrogen) atoms. The fourth-order valence-corrected chi connectivity index (χ4v) is 2.15. The third kappa shape index (κ3) is 6.78. The zero-order chi connectivity index (χ0) is 14.0. The Morgan fingerprint density at radius 2 is 2.21 bits per heavy atom. The first-order valence-corrected chi connectivity index (χ1v) is 7.36. The summed E-state index contributed by atoms with van der Waals surface area (Å²) in [5.41, 5.74) is -0.0351. The van der Waals surface area contributed by atoms with Crippen LogP contribution in [0.5, 0.6) is 0 Å². The van der Waals surface area contributed by atoms with Crippen molar-refractivity contribution in [3.8, 4) is 0 Å². The monoisotopic (exact) mass is 271 g/mol. The van der Waals surface area contributed by atoms with E-state index in [4.69, 9.17) is 9.47 Å². The van der Waals surface area contributed by atoms with Gasteiger partial charge in [-0.15, -0.1) is 0 Å². The van der Waals surface area contributed by atoms with Crippen LogP contribution in [0, 0.1) is 0 Å². The van der Waals surface area contributed by atoms with Gasteiger partial charge in [-0.05, 0) is 39.5 Å². The standard InChI is InChI=1S/C14H29N3O2/c1-4-18-10-6-5-9-16-13(15-3)17-12-14(2)8-7-11-19-14/h4-12H2,1-3H3,(H2,15,16,17). The van der Waals surface area contributed by atoms with Crippen molar-refractivity contribution in [2.75, 3.05) is 40.0 Å². The van der Waals surface area contributed by atoms with E-state index in [0.717, 1.165) is 64.6 Å². The Balaban J connectivity index is 2.09. The van der Waals surface area contributed by atoms with E-state index >= 15 is 0 Å². The second-order valence-electron chi connectivity index (χ2n) is 5.16. The third-order valence-corrected chi connectivity index (χ3v) is 3.37. The van der Waals surface area contributed by atoms with Gasteiger partial charge in [0.15, 0.2) is 5.96 Å². The minimum Gasteiger partial charge on any atom is -0.382 e. The molecule has 5 heteroatoms. The average molecular weight is 271 g/mol. The molecule has 0 aromatic heterocycles. The van der Waals surface area contributed by atoms with Crippen molar-refractivity contribution < 1.29 is 9.47 Å². The average Bonchev–Trinajstić information content (AvgIpc) is 2.84. The van der Waals surface area contributed by atoms with Gasteiger partial charge in [-0.2, -0.15) is 0 Å². The Hall–Kier alpha value is -0.810. The molecule has 112 valence electrons. The van der Waals surface area contributed by atoms with Crippen LogP contribution in [0.15, 0.2) is 4.99 Å². The zero-order valence-electron chi connectivity index (χ0n) is 12.6. The molecule has 1 unspecified atom stereocenters. The predicted octanol–water partition coefficient (Wildman–Crippen LogP) is 1.54. The van der Waals surface area contributed by atoms with Gasteiger partial charge in [-0.3, -0.25) is 4.99 Å². The first-order chi connectivity index (χ1) is 9.20. The van der Waals surface area contributed by atoms with Crippen molar-refractivity contribution in [2.24, 2.45) is 4.99 Å². The molecule has 1 heterocycles. The molecule has 1 atom stereocenters. The third-order valence-electron chi connectivity index (χ3n) is 3.37. The Kier molecular flexibility index (Phi) is 7.82. The zero-order valence-corrected chi connectivity index (χ0v) is 12.6. The number of guanidine groups is 1.